The van der Waals surface area contributed by atoms with E-state index in [0.717, 1.165) is 0 Å². The van der Waals surface area contributed by atoms with Crippen molar-refractivity contribution >= 4 is 62.9 Å². The minimum absolute atomic E-state index is 0.165. The van der Waals surface area contributed by atoms with Crippen LogP contribution in [0.2, 0.25) is 10.0 Å². The van der Waals surface area contributed by atoms with E-state index in [9.17, 15) is 33.7 Å². The number of sulfone groups is 2. The Bertz CT molecular complexity index is 1450. The van der Waals surface area contributed by atoms with E-state index >= 15 is 0 Å². The molecule has 0 aliphatic carbocycles. The molecule has 0 N–H and O–H groups in total. The molecule has 2 fully saturated rings. The maximum Gasteiger partial charge on any atom is 0.257 e. The van der Waals surface area contributed by atoms with Crippen LogP contribution in [-0.2, 0) is 39.7 Å². The molecule has 0 saturated carbocycles. The Morgan fingerprint density at radius 1 is 0.611 bits per heavy atom. The Kier molecular flexibility index (Phi) is 7.56. The van der Waals surface area contributed by atoms with Gasteiger partial charge in [-0.15, -0.1) is 8.83 Å². The first kappa shape index (κ1) is 27.8. The molecule has 10 nitrogen and oxygen atoms in total. The van der Waals surface area contributed by atoms with Crippen LogP contribution < -0.4 is 0 Å². The van der Waals surface area contributed by atoms with Crippen molar-refractivity contribution in [3.63, 3.8) is 0 Å². The third kappa shape index (κ3) is 5.60. The fraction of sp³-hybridized carbons (Fsp3) is 0.400. The second kappa shape index (κ2) is 9.80. The molecule has 0 spiro atoms. The second-order valence-corrected chi connectivity index (χ2v) is 17.5. The number of nitrogens with zero attached hydrogens (tertiary/aromatic N) is 2. The van der Waals surface area contributed by atoms with Crippen LogP contribution in [0.3, 0.4) is 0 Å². The van der Waals surface area contributed by atoms with Crippen molar-refractivity contribution in [2.75, 3.05) is 23.0 Å². The third-order valence-electron chi connectivity index (χ3n) is 5.95. The Labute approximate surface area is 220 Å². The lowest BCUT2D eigenvalue weighted by atomic mass is 10.2. The van der Waals surface area contributed by atoms with Crippen LogP contribution >= 0.6 is 23.2 Å². The molecule has 198 valence electrons. The molecule has 0 bridgehead atoms. The van der Waals surface area contributed by atoms with Crippen LogP contribution in [0.25, 0.3) is 0 Å². The highest BCUT2D eigenvalue weighted by Crippen LogP contribution is 2.35. The van der Waals surface area contributed by atoms with E-state index in [4.69, 9.17) is 23.2 Å². The second-order valence-electron chi connectivity index (χ2n) is 8.58. The Hall–Kier alpha value is -1.26. The van der Waals surface area contributed by atoms with Gasteiger partial charge in [0, 0.05) is 10.0 Å². The molecule has 2 aromatic rings. The van der Waals surface area contributed by atoms with E-state index in [-0.39, 0.29) is 44.2 Å². The summed E-state index contributed by atoms with van der Waals surface area (Å²) in [5.74, 6) is -1.93. The van der Waals surface area contributed by atoms with Gasteiger partial charge in [0.25, 0.3) is 20.0 Å². The number of hydrogen-bond donors (Lipinski definition) is 0. The average Bonchev–Trinajstić information content (AvgIpc) is 3.32. The van der Waals surface area contributed by atoms with Gasteiger partial charge < -0.3 is 0 Å². The highest BCUT2D eigenvalue weighted by atomic mass is 35.5. The van der Waals surface area contributed by atoms with Crippen molar-refractivity contribution in [2.24, 2.45) is 0 Å². The molecule has 0 radical (unpaired) electrons. The summed E-state index contributed by atoms with van der Waals surface area (Å²) in [5.41, 5.74) is 0. The summed E-state index contributed by atoms with van der Waals surface area (Å²) in [7, 11) is -16.7. The number of halogens is 2. The van der Waals surface area contributed by atoms with Gasteiger partial charge in [0.05, 0.1) is 44.9 Å². The van der Waals surface area contributed by atoms with Gasteiger partial charge in [-0.1, -0.05) is 23.2 Å². The van der Waals surface area contributed by atoms with Crippen molar-refractivity contribution < 1.29 is 33.7 Å². The summed E-state index contributed by atoms with van der Waals surface area (Å²) >= 11 is 11.8. The molecule has 16 heteroatoms. The Morgan fingerprint density at radius 3 is 1.17 bits per heavy atom. The van der Waals surface area contributed by atoms with Crippen molar-refractivity contribution in [2.45, 2.75) is 34.7 Å². The van der Waals surface area contributed by atoms with Crippen molar-refractivity contribution in [1.82, 2.24) is 8.83 Å². The smallest absolute Gasteiger partial charge is 0.229 e. The van der Waals surface area contributed by atoms with E-state index in [1.807, 2.05) is 0 Å². The topological polar surface area (TPSA) is 143 Å². The zero-order valence-electron chi connectivity index (χ0n) is 18.6. The number of hydrazine groups is 1. The fourth-order valence-corrected chi connectivity index (χ4v) is 11.8. The van der Waals surface area contributed by atoms with Crippen LogP contribution in [0.15, 0.2) is 58.3 Å². The van der Waals surface area contributed by atoms with Crippen LogP contribution in [0.4, 0.5) is 0 Å². The van der Waals surface area contributed by atoms with Gasteiger partial charge in [-0.25, -0.2) is 33.7 Å². The number of hydrogen-bond acceptors (Lipinski definition) is 8. The summed E-state index contributed by atoms with van der Waals surface area (Å²) < 4.78 is 106. The van der Waals surface area contributed by atoms with Crippen molar-refractivity contribution in [3.05, 3.63) is 58.6 Å². The minimum atomic E-state index is -4.69. The van der Waals surface area contributed by atoms with Crippen molar-refractivity contribution in [3.8, 4) is 0 Å². The largest absolute Gasteiger partial charge is 0.257 e. The van der Waals surface area contributed by atoms with E-state index < -0.39 is 63.3 Å². The third-order valence-corrected chi connectivity index (χ3v) is 13.7. The quantitative estimate of drug-likeness (QED) is 0.429. The monoisotopic (exact) mass is 616 g/mol. The molecule has 2 aliphatic heterocycles. The molecular formula is C20H22Cl2N2O8S4. The van der Waals surface area contributed by atoms with Gasteiger partial charge in [-0.2, -0.15) is 0 Å². The van der Waals surface area contributed by atoms with E-state index in [1.54, 1.807) is 0 Å². The fourth-order valence-electron chi connectivity index (χ4n) is 4.25. The maximum absolute atomic E-state index is 13.9. The standard InChI is InChI=1S/C20H22Cl2N2O8S4/c21-15-1-5-19(6-2-15)35(29,30)23(17-9-11-33(25,26)13-17)24(18-10-12-34(27,28)14-18)36(31,32)20-7-3-16(22)4-8-20/h1-8,17-18H,9-14H2/t17-,18+. The summed E-state index contributed by atoms with van der Waals surface area (Å²) in [5, 5.41) is 0.466. The number of rotatable bonds is 7. The molecule has 2 atom stereocenters. The van der Waals surface area contributed by atoms with E-state index in [2.05, 4.69) is 0 Å². The molecule has 0 unspecified atom stereocenters. The number of benzene rings is 2. The van der Waals surface area contributed by atoms with Crippen LogP contribution in [0.5, 0.6) is 0 Å². The average molecular weight is 618 g/mol. The zero-order valence-corrected chi connectivity index (χ0v) is 23.3. The van der Waals surface area contributed by atoms with Gasteiger partial charge >= 0.3 is 0 Å². The first-order valence-electron chi connectivity index (χ1n) is 10.6. The van der Waals surface area contributed by atoms with Gasteiger partial charge in [0.15, 0.2) is 19.7 Å². The maximum atomic E-state index is 13.9. The Morgan fingerprint density at radius 2 is 0.917 bits per heavy atom. The number of sulfonamides is 2. The molecule has 2 heterocycles. The molecular weight excluding hydrogens is 595 g/mol. The van der Waals surface area contributed by atoms with E-state index in [1.165, 1.54) is 48.5 Å². The zero-order chi connectivity index (χ0) is 26.5. The van der Waals surface area contributed by atoms with Crippen LogP contribution in [0, 0.1) is 0 Å². The predicted octanol–water partition coefficient (Wildman–Crippen LogP) is 1.96. The summed E-state index contributed by atoms with van der Waals surface area (Å²) in [6.07, 6.45) is -0.331. The van der Waals surface area contributed by atoms with Crippen molar-refractivity contribution in [1.29, 1.82) is 0 Å². The van der Waals surface area contributed by atoms with Gasteiger partial charge in [0.2, 0.25) is 0 Å². The minimum Gasteiger partial charge on any atom is -0.229 e. The summed E-state index contributed by atoms with van der Waals surface area (Å²) in [6, 6.07) is 7.35. The lowest BCUT2D eigenvalue weighted by Gasteiger charge is -2.39. The van der Waals surface area contributed by atoms with Gasteiger partial charge in [-0.05, 0) is 61.4 Å². The van der Waals surface area contributed by atoms with Gasteiger partial charge in [0.1, 0.15) is 0 Å². The Balaban J connectivity index is 1.95. The van der Waals surface area contributed by atoms with Crippen LogP contribution in [0.1, 0.15) is 12.8 Å². The molecule has 0 aromatic heterocycles. The molecule has 2 aliphatic rings. The summed E-state index contributed by atoms with van der Waals surface area (Å²) in [4.78, 5) is -0.651. The first-order chi connectivity index (χ1) is 16.6. The molecule has 2 aromatic carbocycles. The SMILES string of the molecule is O=S1(=O)CC[C@@H](N(N([C@H]2CCS(=O)(=O)C2)S(=O)(=O)c2ccc(Cl)cc2)S(=O)(=O)c2ccc(Cl)cc2)C1. The molecule has 4 rings (SSSR count). The normalized spacial score (nSPS) is 23.9. The first-order valence-corrected chi connectivity index (χ1v) is 17.9. The van der Waals surface area contributed by atoms with E-state index in [0.29, 0.717) is 8.83 Å². The van der Waals surface area contributed by atoms with Gasteiger partial charge in [-0.3, -0.25) is 0 Å². The summed E-state index contributed by atoms with van der Waals surface area (Å²) in [6.45, 7) is 0. The highest BCUT2D eigenvalue weighted by Gasteiger charge is 2.51. The molecule has 2 saturated heterocycles. The van der Waals surface area contributed by atoms with Crippen LogP contribution in [-0.4, -0.2) is 77.6 Å². The lowest BCUT2D eigenvalue weighted by molar-refractivity contribution is 0.0888. The highest BCUT2D eigenvalue weighted by molar-refractivity contribution is 7.93. The molecule has 36 heavy (non-hydrogen) atoms. The predicted molar refractivity (Wildman–Crippen MR) is 135 cm³/mol. The molecule has 0 amide bonds. The lowest BCUT2D eigenvalue weighted by Crippen LogP contribution is -2.58.